The molecular weight excluding hydrogens is 375 g/mol. The van der Waals surface area contributed by atoms with Crippen molar-refractivity contribution in [3.63, 3.8) is 0 Å². The van der Waals surface area contributed by atoms with E-state index in [0.29, 0.717) is 49.3 Å². The Balaban J connectivity index is 1.73. The number of nitrogens with one attached hydrogen (secondary N) is 1. The summed E-state index contributed by atoms with van der Waals surface area (Å²) in [7, 11) is -3.41. The topological polar surface area (TPSA) is 75.7 Å². The van der Waals surface area contributed by atoms with Gasteiger partial charge in [-0.2, -0.15) is 4.31 Å². The van der Waals surface area contributed by atoms with Crippen LogP contribution >= 0.6 is 23.2 Å². The SMILES string of the molecule is O=C(CCS(=O)(=O)N1CCOCC1)NCCc1ccc(Cl)cc1Cl. The summed E-state index contributed by atoms with van der Waals surface area (Å²) in [6.45, 7) is 1.87. The van der Waals surface area contributed by atoms with E-state index in [1.807, 2.05) is 0 Å². The Bertz CT molecular complexity index is 676. The molecule has 9 heteroatoms. The average molecular weight is 395 g/mol. The summed E-state index contributed by atoms with van der Waals surface area (Å²) in [4.78, 5) is 11.8. The maximum atomic E-state index is 12.1. The minimum absolute atomic E-state index is 0.0615. The molecule has 0 aromatic heterocycles. The summed E-state index contributed by atoms with van der Waals surface area (Å²) in [5.41, 5.74) is 0.877. The van der Waals surface area contributed by atoms with E-state index in [9.17, 15) is 13.2 Å². The van der Waals surface area contributed by atoms with E-state index in [1.54, 1.807) is 18.2 Å². The Morgan fingerprint density at radius 2 is 1.96 bits per heavy atom. The number of rotatable bonds is 7. The van der Waals surface area contributed by atoms with Gasteiger partial charge in [0.1, 0.15) is 0 Å². The van der Waals surface area contributed by atoms with Crippen LogP contribution < -0.4 is 5.32 Å². The molecule has 2 rings (SSSR count). The zero-order valence-electron chi connectivity index (χ0n) is 13.1. The summed E-state index contributed by atoms with van der Waals surface area (Å²) >= 11 is 11.9. The highest BCUT2D eigenvalue weighted by Crippen LogP contribution is 2.21. The monoisotopic (exact) mass is 394 g/mol. The number of morpholine rings is 1. The maximum absolute atomic E-state index is 12.1. The molecule has 134 valence electrons. The lowest BCUT2D eigenvalue weighted by atomic mass is 10.1. The number of carbonyl (C=O) groups is 1. The Labute approximate surface area is 152 Å². The van der Waals surface area contributed by atoms with Gasteiger partial charge in [0.25, 0.3) is 0 Å². The van der Waals surface area contributed by atoms with Gasteiger partial charge < -0.3 is 10.1 Å². The Morgan fingerprint density at radius 3 is 2.62 bits per heavy atom. The van der Waals surface area contributed by atoms with Crippen molar-refractivity contribution in [2.24, 2.45) is 0 Å². The zero-order chi connectivity index (χ0) is 17.6. The van der Waals surface area contributed by atoms with Gasteiger partial charge in [-0.3, -0.25) is 4.79 Å². The fourth-order valence-corrected chi connectivity index (χ4v) is 4.23. The average Bonchev–Trinajstić information content (AvgIpc) is 2.56. The highest BCUT2D eigenvalue weighted by molar-refractivity contribution is 7.89. The van der Waals surface area contributed by atoms with Crippen molar-refractivity contribution >= 4 is 39.1 Å². The first kappa shape index (κ1) is 19.5. The molecule has 0 unspecified atom stereocenters. The van der Waals surface area contributed by atoms with E-state index in [4.69, 9.17) is 27.9 Å². The molecule has 24 heavy (non-hydrogen) atoms. The lowest BCUT2D eigenvalue weighted by molar-refractivity contribution is -0.120. The molecule has 1 saturated heterocycles. The van der Waals surface area contributed by atoms with Crippen molar-refractivity contribution in [2.45, 2.75) is 12.8 Å². The molecular formula is C15H20Cl2N2O4S. The standard InChI is InChI=1S/C15H20Cl2N2O4S/c16-13-2-1-12(14(17)11-13)3-5-18-15(20)4-10-24(21,22)19-6-8-23-9-7-19/h1-2,11H,3-10H2,(H,18,20). The van der Waals surface area contributed by atoms with Crippen molar-refractivity contribution in [3.05, 3.63) is 33.8 Å². The third kappa shape index (κ3) is 5.89. The van der Waals surface area contributed by atoms with E-state index in [2.05, 4.69) is 5.32 Å². The third-order valence-electron chi connectivity index (χ3n) is 3.68. The van der Waals surface area contributed by atoms with Gasteiger partial charge in [-0.1, -0.05) is 29.3 Å². The van der Waals surface area contributed by atoms with Crippen LogP contribution in [0.5, 0.6) is 0 Å². The van der Waals surface area contributed by atoms with Crippen LogP contribution in [0.2, 0.25) is 10.0 Å². The van der Waals surface area contributed by atoms with Gasteiger partial charge in [-0.05, 0) is 24.1 Å². The van der Waals surface area contributed by atoms with Crippen LogP contribution in [0, 0.1) is 0 Å². The fourth-order valence-electron chi connectivity index (χ4n) is 2.32. The van der Waals surface area contributed by atoms with Crippen molar-refractivity contribution in [3.8, 4) is 0 Å². The minimum Gasteiger partial charge on any atom is -0.379 e. The molecule has 0 bridgehead atoms. The van der Waals surface area contributed by atoms with Gasteiger partial charge in [0.15, 0.2) is 0 Å². The predicted molar refractivity (Wildman–Crippen MR) is 94.0 cm³/mol. The lowest BCUT2D eigenvalue weighted by Crippen LogP contribution is -2.42. The second-order valence-electron chi connectivity index (χ2n) is 5.41. The maximum Gasteiger partial charge on any atom is 0.221 e. The molecule has 1 fully saturated rings. The summed E-state index contributed by atoms with van der Waals surface area (Å²) in [5, 5.41) is 3.81. The zero-order valence-corrected chi connectivity index (χ0v) is 15.5. The normalized spacial score (nSPS) is 16.1. The second-order valence-corrected chi connectivity index (χ2v) is 8.35. The first-order valence-corrected chi connectivity index (χ1v) is 10.0. The van der Waals surface area contributed by atoms with Gasteiger partial charge in [0.05, 0.1) is 19.0 Å². The number of amides is 1. The molecule has 1 aliphatic rings. The summed E-state index contributed by atoms with van der Waals surface area (Å²) in [6.07, 6.45) is 0.492. The van der Waals surface area contributed by atoms with Gasteiger partial charge in [0.2, 0.25) is 15.9 Å². The van der Waals surface area contributed by atoms with E-state index < -0.39 is 10.0 Å². The van der Waals surface area contributed by atoms with Gasteiger partial charge in [0, 0.05) is 36.1 Å². The van der Waals surface area contributed by atoms with Gasteiger partial charge >= 0.3 is 0 Å². The van der Waals surface area contributed by atoms with E-state index in [1.165, 1.54) is 4.31 Å². The Hall–Kier alpha value is -0.860. The number of hydrogen-bond acceptors (Lipinski definition) is 4. The van der Waals surface area contributed by atoms with Crippen LogP contribution in [0.4, 0.5) is 0 Å². The summed E-state index contributed by atoms with van der Waals surface area (Å²) < 4.78 is 30.7. The highest BCUT2D eigenvalue weighted by Gasteiger charge is 2.24. The van der Waals surface area contributed by atoms with E-state index >= 15 is 0 Å². The Morgan fingerprint density at radius 1 is 1.25 bits per heavy atom. The molecule has 0 radical (unpaired) electrons. The first-order chi connectivity index (χ1) is 11.4. The van der Waals surface area contributed by atoms with Crippen LogP contribution in [-0.2, 0) is 26.0 Å². The number of ether oxygens (including phenoxy) is 1. The quantitative estimate of drug-likeness (QED) is 0.763. The highest BCUT2D eigenvalue weighted by atomic mass is 35.5. The molecule has 0 saturated carbocycles. The predicted octanol–water partition coefficient (Wildman–Crippen LogP) is 1.70. The van der Waals surface area contributed by atoms with Crippen LogP contribution in [0.3, 0.4) is 0 Å². The van der Waals surface area contributed by atoms with Crippen LogP contribution in [0.1, 0.15) is 12.0 Å². The fraction of sp³-hybridized carbons (Fsp3) is 0.533. The van der Waals surface area contributed by atoms with Gasteiger partial charge in [-0.25, -0.2) is 8.42 Å². The molecule has 0 atom stereocenters. The molecule has 1 aliphatic heterocycles. The van der Waals surface area contributed by atoms with Crippen LogP contribution in [0.25, 0.3) is 0 Å². The lowest BCUT2D eigenvalue weighted by Gasteiger charge is -2.25. The second kappa shape index (κ2) is 9.01. The van der Waals surface area contributed by atoms with Crippen molar-refractivity contribution in [1.82, 2.24) is 9.62 Å². The number of halogens is 2. The molecule has 1 heterocycles. The minimum atomic E-state index is -3.41. The molecule has 6 nitrogen and oxygen atoms in total. The Kier molecular flexibility index (Phi) is 7.31. The molecule has 0 spiro atoms. The number of carbonyl (C=O) groups excluding carboxylic acids is 1. The van der Waals surface area contributed by atoms with Crippen molar-refractivity contribution in [1.29, 1.82) is 0 Å². The number of hydrogen-bond donors (Lipinski definition) is 1. The molecule has 1 amide bonds. The number of benzene rings is 1. The first-order valence-electron chi connectivity index (χ1n) is 7.65. The van der Waals surface area contributed by atoms with E-state index in [-0.39, 0.29) is 18.1 Å². The smallest absolute Gasteiger partial charge is 0.221 e. The van der Waals surface area contributed by atoms with Crippen molar-refractivity contribution < 1.29 is 17.9 Å². The van der Waals surface area contributed by atoms with E-state index in [0.717, 1.165) is 5.56 Å². The number of sulfonamides is 1. The number of nitrogens with zero attached hydrogens (tertiary/aromatic N) is 1. The molecule has 1 aromatic rings. The van der Waals surface area contributed by atoms with Gasteiger partial charge in [-0.15, -0.1) is 0 Å². The van der Waals surface area contributed by atoms with Crippen molar-refractivity contribution in [2.75, 3.05) is 38.6 Å². The summed E-state index contributed by atoms with van der Waals surface area (Å²) in [5.74, 6) is -0.488. The molecule has 1 aromatic carbocycles. The van der Waals surface area contributed by atoms with Crippen LogP contribution in [0.15, 0.2) is 18.2 Å². The molecule has 1 N–H and O–H groups in total. The third-order valence-corrected chi connectivity index (χ3v) is 6.14. The largest absolute Gasteiger partial charge is 0.379 e. The molecule has 0 aliphatic carbocycles. The summed E-state index contributed by atoms with van der Waals surface area (Å²) in [6, 6.07) is 5.19. The van der Waals surface area contributed by atoms with Crippen LogP contribution in [-0.4, -0.2) is 57.2 Å².